The summed E-state index contributed by atoms with van der Waals surface area (Å²) in [4.78, 5) is 13.5. The topological polar surface area (TPSA) is 26.3 Å². The number of ether oxygens (including phenoxy) is 1. The zero-order chi connectivity index (χ0) is 15.4. The zero-order valence-corrected chi connectivity index (χ0v) is 13.7. The largest absolute Gasteiger partial charge is 0.496 e. The number of carbonyl (C=O) groups is 1. The van der Waals surface area contributed by atoms with E-state index in [2.05, 4.69) is 32.0 Å². The Morgan fingerprint density at radius 1 is 1.05 bits per heavy atom. The molecule has 2 rings (SSSR count). The van der Waals surface area contributed by atoms with Gasteiger partial charge in [-0.25, -0.2) is 0 Å². The molecule has 2 aromatic rings. The van der Waals surface area contributed by atoms with E-state index < -0.39 is 0 Å². The van der Waals surface area contributed by atoms with Crippen molar-refractivity contribution in [2.75, 3.05) is 12.9 Å². The highest BCUT2D eigenvalue weighted by molar-refractivity contribution is 8.00. The molecule has 0 saturated heterocycles. The van der Waals surface area contributed by atoms with Crippen molar-refractivity contribution in [1.29, 1.82) is 0 Å². The molecule has 0 radical (unpaired) electrons. The second-order valence-electron chi connectivity index (χ2n) is 5.18. The van der Waals surface area contributed by atoms with Crippen LogP contribution in [0, 0.1) is 20.8 Å². The van der Waals surface area contributed by atoms with Gasteiger partial charge >= 0.3 is 0 Å². The second-order valence-corrected chi connectivity index (χ2v) is 6.20. The van der Waals surface area contributed by atoms with E-state index in [1.54, 1.807) is 18.9 Å². The first-order valence-electron chi connectivity index (χ1n) is 6.89. The van der Waals surface area contributed by atoms with Crippen LogP contribution in [0.15, 0.2) is 41.3 Å². The number of thioether (sulfide) groups is 1. The molecule has 0 spiro atoms. The minimum absolute atomic E-state index is 0.0943. The Bertz CT molecular complexity index is 662. The molecule has 110 valence electrons. The molecule has 0 aliphatic carbocycles. The highest BCUT2D eigenvalue weighted by atomic mass is 32.2. The normalized spacial score (nSPS) is 10.5. The standard InChI is InChI=1S/C18H20O2S/c1-12-6-8-18(14(3)9-12)21-11-16(19)15-7-5-13(2)10-17(15)20-4/h5-10H,11H2,1-4H3. The van der Waals surface area contributed by atoms with Crippen LogP contribution >= 0.6 is 11.8 Å². The first kappa shape index (κ1) is 15.6. The van der Waals surface area contributed by atoms with Crippen molar-refractivity contribution in [3.8, 4) is 5.75 Å². The lowest BCUT2D eigenvalue weighted by molar-refractivity contribution is 0.101. The number of Topliss-reactive ketones (excluding diaryl/α,β-unsaturated/α-hetero) is 1. The van der Waals surface area contributed by atoms with Gasteiger partial charge in [-0.1, -0.05) is 23.8 Å². The number of benzene rings is 2. The predicted molar refractivity (Wildman–Crippen MR) is 88.7 cm³/mol. The van der Waals surface area contributed by atoms with Crippen LogP contribution in [0.25, 0.3) is 0 Å². The van der Waals surface area contributed by atoms with Crippen molar-refractivity contribution in [3.63, 3.8) is 0 Å². The van der Waals surface area contributed by atoms with Crippen LogP contribution in [-0.4, -0.2) is 18.6 Å². The monoisotopic (exact) mass is 300 g/mol. The molecule has 0 unspecified atom stereocenters. The van der Waals surface area contributed by atoms with Gasteiger partial charge in [0.25, 0.3) is 0 Å². The van der Waals surface area contributed by atoms with Gasteiger partial charge in [0.1, 0.15) is 5.75 Å². The predicted octanol–water partition coefficient (Wildman–Crippen LogP) is 4.60. The smallest absolute Gasteiger partial charge is 0.176 e. The third kappa shape index (κ3) is 3.88. The summed E-state index contributed by atoms with van der Waals surface area (Å²) in [5.41, 5.74) is 4.19. The number of rotatable bonds is 5. The molecule has 2 nitrogen and oxygen atoms in total. The molecule has 0 aromatic heterocycles. The van der Waals surface area contributed by atoms with E-state index in [0.717, 1.165) is 10.5 Å². The van der Waals surface area contributed by atoms with Crippen LogP contribution in [0.4, 0.5) is 0 Å². The van der Waals surface area contributed by atoms with Crippen molar-refractivity contribution in [3.05, 3.63) is 58.7 Å². The number of hydrogen-bond acceptors (Lipinski definition) is 3. The average Bonchev–Trinajstić information content (AvgIpc) is 2.45. The van der Waals surface area contributed by atoms with E-state index in [-0.39, 0.29) is 5.78 Å². The number of carbonyl (C=O) groups excluding carboxylic acids is 1. The molecule has 0 aliphatic rings. The van der Waals surface area contributed by atoms with Crippen LogP contribution in [-0.2, 0) is 0 Å². The number of aryl methyl sites for hydroxylation is 3. The Hall–Kier alpha value is -1.74. The van der Waals surface area contributed by atoms with Gasteiger partial charge in [0.2, 0.25) is 0 Å². The highest BCUT2D eigenvalue weighted by Crippen LogP contribution is 2.26. The molecule has 0 saturated carbocycles. The lowest BCUT2D eigenvalue weighted by Crippen LogP contribution is -2.05. The Morgan fingerprint density at radius 2 is 1.71 bits per heavy atom. The molecule has 0 amide bonds. The maximum absolute atomic E-state index is 12.4. The van der Waals surface area contributed by atoms with Gasteiger partial charge in [-0.15, -0.1) is 11.8 Å². The molecular formula is C18H20O2S. The van der Waals surface area contributed by atoms with Crippen LogP contribution in [0.5, 0.6) is 5.75 Å². The molecule has 0 N–H and O–H groups in total. The minimum atomic E-state index is 0.0943. The maximum atomic E-state index is 12.4. The summed E-state index contributed by atoms with van der Waals surface area (Å²) in [6.07, 6.45) is 0. The van der Waals surface area contributed by atoms with E-state index in [4.69, 9.17) is 4.74 Å². The fourth-order valence-corrected chi connectivity index (χ4v) is 3.10. The highest BCUT2D eigenvalue weighted by Gasteiger charge is 2.13. The summed E-state index contributed by atoms with van der Waals surface area (Å²) in [5, 5.41) is 0. The van der Waals surface area contributed by atoms with Crippen molar-refractivity contribution in [2.24, 2.45) is 0 Å². The van der Waals surface area contributed by atoms with Crippen molar-refractivity contribution < 1.29 is 9.53 Å². The Labute approximate surface area is 130 Å². The summed E-state index contributed by atoms with van der Waals surface area (Å²) >= 11 is 1.58. The van der Waals surface area contributed by atoms with Crippen molar-refractivity contribution in [1.82, 2.24) is 0 Å². The van der Waals surface area contributed by atoms with Gasteiger partial charge < -0.3 is 4.74 Å². The first-order chi connectivity index (χ1) is 10.0. The minimum Gasteiger partial charge on any atom is -0.496 e. The molecule has 3 heteroatoms. The first-order valence-corrected chi connectivity index (χ1v) is 7.87. The van der Waals surface area contributed by atoms with Gasteiger partial charge in [-0.2, -0.15) is 0 Å². The van der Waals surface area contributed by atoms with E-state index >= 15 is 0 Å². The maximum Gasteiger partial charge on any atom is 0.176 e. The van der Waals surface area contributed by atoms with Crippen LogP contribution in [0.1, 0.15) is 27.0 Å². The van der Waals surface area contributed by atoms with Crippen LogP contribution in [0.2, 0.25) is 0 Å². The molecule has 2 aromatic carbocycles. The number of hydrogen-bond donors (Lipinski definition) is 0. The van der Waals surface area contributed by atoms with Gasteiger partial charge in [0.05, 0.1) is 18.4 Å². The fraction of sp³-hybridized carbons (Fsp3) is 0.278. The summed E-state index contributed by atoms with van der Waals surface area (Å²) in [7, 11) is 1.60. The molecule has 0 aliphatic heterocycles. The Kier molecular flexibility index (Phi) is 5.07. The Balaban J connectivity index is 2.11. The number of methoxy groups -OCH3 is 1. The summed E-state index contributed by atoms with van der Waals surface area (Å²) < 4.78 is 5.31. The molecule has 0 atom stereocenters. The van der Waals surface area contributed by atoms with Crippen LogP contribution in [0.3, 0.4) is 0 Å². The van der Waals surface area contributed by atoms with Gasteiger partial charge in [0.15, 0.2) is 5.78 Å². The summed E-state index contributed by atoms with van der Waals surface area (Å²) in [6, 6.07) is 12.0. The SMILES string of the molecule is COc1cc(C)ccc1C(=O)CSc1ccc(C)cc1C. The van der Waals surface area contributed by atoms with Crippen molar-refractivity contribution >= 4 is 17.5 Å². The van der Waals surface area contributed by atoms with Gasteiger partial charge in [-0.3, -0.25) is 4.79 Å². The van der Waals surface area contributed by atoms with E-state index in [9.17, 15) is 4.79 Å². The van der Waals surface area contributed by atoms with Crippen molar-refractivity contribution in [2.45, 2.75) is 25.7 Å². The quantitative estimate of drug-likeness (QED) is 0.596. The van der Waals surface area contributed by atoms with Crippen LogP contribution < -0.4 is 4.74 Å². The zero-order valence-electron chi connectivity index (χ0n) is 12.9. The second kappa shape index (κ2) is 6.81. The molecule has 21 heavy (non-hydrogen) atoms. The summed E-state index contributed by atoms with van der Waals surface area (Å²) in [5.74, 6) is 1.17. The van der Waals surface area contributed by atoms with E-state index in [0.29, 0.717) is 17.1 Å². The molecular weight excluding hydrogens is 280 g/mol. The van der Waals surface area contributed by atoms with E-state index in [1.165, 1.54) is 11.1 Å². The van der Waals surface area contributed by atoms with E-state index in [1.807, 2.05) is 25.1 Å². The fourth-order valence-electron chi connectivity index (χ4n) is 2.21. The third-order valence-electron chi connectivity index (χ3n) is 3.35. The third-order valence-corrected chi connectivity index (χ3v) is 4.52. The summed E-state index contributed by atoms with van der Waals surface area (Å²) in [6.45, 7) is 6.14. The molecule has 0 bridgehead atoms. The number of ketones is 1. The van der Waals surface area contributed by atoms with Gasteiger partial charge in [-0.05, 0) is 50.1 Å². The average molecular weight is 300 g/mol. The Morgan fingerprint density at radius 3 is 2.38 bits per heavy atom. The lowest BCUT2D eigenvalue weighted by atomic mass is 10.1. The molecule has 0 fully saturated rings. The molecule has 0 heterocycles. The van der Waals surface area contributed by atoms with Gasteiger partial charge in [0, 0.05) is 4.90 Å². The lowest BCUT2D eigenvalue weighted by Gasteiger charge is -2.09.